The van der Waals surface area contributed by atoms with Gasteiger partial charge < -0.3 is 0 Å². The Morgan fingerprint density at radius 3 is 2.00 bits per heavy atom. The molecule has 15 heavy (non-hydrogen) atoms. The van der Waals surface area contributed by atoms with Crippen LogP contribution in [0.2, 0.25) is 0 Å². The lowest BCUT2D eigenvalue weighted by Crippen LogP contribution is -2.14. The van der Waals surface area contributed by atoms with Crippen molar-refractivity contribution in [2.45, 2.75) is 26.0 Å². The maximum absolute atomic E-state index is 10.8. The molecule has 0 bridgehead atoms. The Labute approximate surface area is 91.4 Å². The molecule has 2 N–H and O–H groups in total. The molecule has 0 spiro atoms. The van der Waals surface area contributed by atoms with E-state index in [-0.39, 0.29) is 5.75 Å². The largest absolute Gasteiger partial charge is 0.228 e. The Balaban J connectivity index is 2.73. The quantitative estimate of drug-likeness (QED) is 0.850. The minimum Gasteiger partial charge on any atom is -0.228 e. The fourth-order valence-electron chi connectivity index (χ4n) is 1.48. The summed E-state index contributed by atoms with van der Waals surface area (Å²) >= 11 is 0. The molecule has 0 fully saturated rings. The molecule has 0 amide bonds. The van der Waals surface area contributed by atoms with E-state index in [9.17, 15) is 8.42 Å². The van der Waals surface area contributed by atoms with Crippen LogP contribution in [0.1, 0.15) is 25.0 Å². The van der Waals surface area contributed by atoms with Crippen LogP contribution in [-0.4, -0.2) is 8.42 Å². The number of hydrogen-bond acceptors (Lipinski definition) is 2. The van der Waals surface area contributed by atoms with Gasteiger partial charge in [-0.1, -0.05) is 38.1 Å². The zero-order chi connectivity index (χ0) is 11.5. The van der Waals surface area contributed by atoms with Gasteiger partial charge in [-0.25, -0.2) is 13.6 Å². The molecule has 0 atom stereocenters. The van der Waals surface area contributed by atoms with E-state index >= 15 is 0 Å². The number of sulfonamides is 1. The fraction of sp³-hybridized carbons (Fsp3) is 0.455. The second kappa shape index (κ2) is 4.77. The zero-order valence-electron chi connectivity index (χ0n) is 9.10. The third-order valence-corrected chi connectivity index (χ3v) is 2.77. The van der Waals surface area contributed by atoms with E-state index in [1.165, 1.54) is 5.56 Å². The third-order valence-electron chi connectivity index (χ3n) is 2.03. The van der Waals surface area contributed by atoms with E-state index in [4.69, 9.17) is 5.14 Å². The lowest BCUT2D eigenvalue weighted by Gasteiger charge is -2.05. The number of nitrogens with two attached hydrogens (primary N) is 1. The summed E-state index contributed by atoms with van der Waals surface area (Å²) in [5.74, 6) is 0.517. The fourth-order valence-corrected chi connectivity index (χ4v) is 2.13. The monoisotopic (exact) mass is 227 g/mol. The molecule has 0 aliphatic rings. The molecular weight excluding hydrogens is 210 g/mol. The molecule has 0 aliphatic carbocycles. The first-order chi connectivity index (χ1) is 6.87. The highest BCUT2D eigenvalue weighted by atomic mass is 32.2. The van der Waals surface area contributed by atoms with Gasteiger partial charge in [0.15, 0.2) is 0 Å². The van der Waals surface area contributed by atoms with Gasteiger partial charge >= 0.3 is 0 Å². The van der Waals surface area contributed by atoms with Crippen molar-refractivity contribution in [3.05, 3.63) is 35.4 Å². The maximum Gasteiger partial charge on any atom is 0.213 e. The van der Waals surface area contributed by atoms with Crippen LogP contribution in [0.25, 0.3) is 0 Å². The zero-order valence-corrected chi connectivity index (χ0v) is 9.92. The summed E-state index contributed by atoms with van der Waals surface area (Å²) in [6.45, 7) is 4.30. The molecule has 1 aromatic carbocycles. The normalized spacial score (nSPS) is 12.0. The first kappa shape index (κ1) is 12.2. The predicted octanol–water partition coefficient (Wildman–Crippen LogP) is 1.67. The van der Waals surface area contributed by atoms with Crippen molar-refractivity contribution in [3.8, 4) is 0 Å². The first-order valence-corrected chi connectivity index (χ1v) is 6.66. The van der Waals surface area contributed by atoms with Crippen molar-refractivity contribution in [2.75, 3.05) is 0 Å². The Kier molecular flexibility index (Phi) is 3.88. The summed E-state index contributed by atoms with van der Waals surface area (Å²) in [6.07, 6.45) is 1.01. The number of rotatable bonds is 4. The molecule has 1 rings (SSSR count). The number of hydrogen-bond donors (Lipinski definition) is 1. The maximum atomic E-state index is 10.8. The van der Waals surface area contributed by atoms with Crippen LogP contribution in [-0.2, 0) is 22.2 Å². The summed E-state index contributed by atoms with van der Waals surface area (Å²) in [5, 5.41) is 4.96. The minimum atomic E-state index is -3.41. The Bertz CT molecular complexity index is 407. The Morgan fingerprint density at radius 1 is 1.13 bits per heavy atom. The van der Waals surface area contributed by atoms with Crippen molar-refractivity contribution < 1.29 is 8.42 Å². The highest BCUT2D eigenvalue weighted by Crippen LogP contribution is 2.10. The summed E-state index contributed by atoms with van der Waals surface area (Å²) in [5.41, 5.74) is 1.97. The summed E-state index contributed by atoms with van der Waals surface area (Å²) in [4.78, 5) is 0. The molecule has 0 heterocycles. The molecule has 0 unspecified atom stereocenters. The smallest absolute Gasteiger partial charge is 0.213 e. The van der Waals surface area contributed by atoms with Crippen LogP contribution >= 0.6 is 0 Å². The molecule has 0 saturated heterocycles. The molecule has 0 saturated carbocycles. The van der Waals surface area contributed by atoms with Gasteiger partial charge in [-0.05, 0) is 23.5 Å². The van der Waals surface area contributed by atoms with Crippen molar-refractivity contribution in [2.24, 2.45) is 11.1 Å². The summed E-state index contributed by atoms with van der Waals surface area (Å²) in [6, 6.07) is 7.56. The van der Waals surface area contributed by atoms with E-state index < -0.39 is 10.0 Å². The van der Waals surface area contributed by atoms with Gasteiger partial charge in [-0.2, -0.15) is 0 Å². The van der Waals surface area contributed by atoms with Gasteiger partial charge in [-0.3, -0.25) is 0 Å². The average Bonchev–Trinajstić information content (AvgIpc) is 2.05. The van der Waals surface area contributed by atoms with E-state index in [0.29, 0.717) is 5.92 Å². The predicted molar refractivity (Wildman–Crippen MR) is 61.8 cm³/mol. The van der Waals surface area contributed by atoms with Gasteiger partial charge in [0.05, 0.1) is 5.75 Å². The van der Waals surface area contributed by atoms with Crippen molar-refractivity contribution >= 4 is 10.0 Å². The highest BCUT2D eigenvalue weighted by molar-refractivity contribution is 7.88. The van der Waals surface area contributed by atoms with Gasteiger partial charge in [0.2, 0.25) is 10.0 Å². The SMILES string of the molecule is CC(C)Cc1ccc(CS(N)(=O)=O)cc1. The molecule has 1 aromatic rings. The lowest BCUT2D eigenvalue weighted by molar-refractivity contribution is 0.597. The van der Waals surface area contributed by atoms with Crippen LogP contribution in [0.5, 0.6) is 0 Å². The van der Waals surface area contributed by atoms with Gasteiger partial charge in [0.1, 0.15) is 0 Å². The van der Waals surface area contributed by atoms with E-state index in [0.717, 1.165) is 12.0 Å². The van der Waals surface area contributed by atoms with E-state index in [2.05, 4.69) is 13.8 Å². The van der Waals surface area contributed by atoms with Crippen molar-refractivity contribution in [1.82, 2.24) is 0 Å². The second-order valence-corrected chi connectivity index (χ2v) is 5.84. The Hall–Kier alpha value is -0.870. The molecule has 4 heteroatoms. The van der Waals surface area contributed by atoms with Crippen LogP contribution in [0.15, 0.2) is 24.3 Å². The molecule has 84 valence electrons. The second-order valence-electron chi connectivity index (χ2n) is 4.22. The van der Waals surface area contributed by atoms with Crippen molar-refractivity contribution in [3.63, 3.8) is 0 Å². The standard InChI is InChI=1S/C11H17NO2S/c1-9(2)7-10-3-5-11(6-4-10)8-15(12,13)14/h3-6,9H,7-8H2,1-2H3,(H2,12,13,14). The van der Waals surface area contributed by atoms with Crippen LogP contribution in [0, 0.1) is 5.92 Å². The van der Waals surface area contributed by atoms with E-state index in [1.807, 2.05) is 24.3 Å². The van der Waals surface area contributed by atoms with Gasteiger partial charge in [0.25, 0.3) is 0 Å². The summed E-state index contributed by atoms with van der Waals surface area (Å²) in [7, 11) is -3.41. The number of benzene rings is 1. The van der Waals surface area contributed by atoms with Crippen molar-refractivity contribution in [1.29, 1.82) is 0 Å². The Morgan fingerprint density at radius 2 is 1.60 bits per heavy atom. The lowest BCUT2D eigenvalue weighted by atomic mass is 10.0. The minimum absolute atomic E-state index is 0.0883. The number of primary sulfonamides is 1. The molecule has 0 aromatic heterocycles. The molecule has 3 nitrogen and oxygen atoms in total. The molecule has 0 aliphatic heterocycles. The molecule has 0 radical (unpaired) electrons. The van der Waals surface area contributed by atoms with E-state index in [1.54, 1.807) is 0 Å². The van der Waals surface area contributed by atoms with Crippen LogP contribution in [0.4, 0.5) is 0 Å². The van der Waals surface area contributed by atoms with Gasteiger partial charge in [0, 0.05) is 0 Å². The topological polar surface area (TPSA) is 60.2 Å². The van der Waals surface area contributed by atoms with Crippen LogP contribution in [0.3, 0.4) is 0 Å². The average molecular weight is 227 g/mol. The highest BCUT2D eigenvalue weighted by Gasteiger charge is 2.04. The molecular formula is C11H17NO2S. The summed E-state index contributed by atoms with van der Waals surface area (Å²) < 4.78 is 21.7. The third kappa shape index (κ3) is 4.95. The van der Waals surface area contributed by atoms with Crippen LogP contribution < -0.4 is 5.14 Å². The first-order valence-electron chi connectivity index (χ1n) is 4.95. The van der Waals surface area contributed by atoms with Gasteiger partial charge in [-0.15, -0.1) is 0 Å².